The molecule has 2 aliphatic rings. The van der Waals surface area contributed by atoms with Crippen LogP contribution in [0.15, 0.2) is 23.1 Å². The fraction of sp³-hybridized carbons (Fsp3) is 0.500. The van der Waals surface area contributed by atoms with E-state index < -0.39 is 22.3 Å². The van der Waals surface area contributed by atoms with Crippen LogP contribution in [0, 0.1) is 25.7 Å². The third kappa shape index (κ3) is 3.21. The van der Waals surface area contributed by atoms with Crippen LogP contribution >= 0.6 is 0 Å². The first-order valence-corrected chi connectivity index (χ1v) is 9.61. The number of hydrogen-bond acceptors (Lipinski definition) is 5. The molecule has 1 aromatic carbocycles. The predicted octanol–water partition coefficient (Wildman–Crippen LogP) is 0.783. The maximum atomic E-state index is 12.4. The number of urea groups is 1. The molecule has 136 valence electrons. The van der Waals surface area contributed by atoms with Gasteiger partial charge in [-0.1, -0.05) is 24.1 Å². The molecule has 3 unspecified atom stereocenters. The lowest BCUT2D eigenvalue weighted by Crippen LogP contribution is -2.53. The summed E-state index contributed by atoms with van der Waals surface area (Å²) in [6.45, 7) is 3.47. The number of sulfonamides is 1. The molecule has 3 N–H and O–H groups in total. The van der Waals surface area contributed by atoms with E-state index >= 15 is 0 Å². The molecular formula is C16H21N3O5S. The number of aryl methyl sites for hydroxylation is 2. The first-order chi connectivity index (χ1) is 11.7. The number of benzene rings is 1. The van der Waals surface area contributed by atoms with E-state index in [-0.39, 0.29) is 22.6 Å². The molecule has 1 saturated heterocycles. The highest BCUT2D eigenvalue weighted by atomic mass is 32.2. The Labute approximate surface area is 146 Å². The zero-order valence-corrected chi connectivity index (χ0v) is 14.8. The Morgan fingerprint density at radius 2 is 2.00 bits per heavy atom. The van der Waals surface area contributed by atoms with Crippen molar-refractivity contribution in [2.45, 2.75) is 44.2 Å². The quantitative estimate of drug-likeness (QED) is 0.730. The normalized spacial score (nSPS) is 25.8. The molecule has 3 rings (SSSR count). The maximum Gasteiger partial charge on any atom is 0.347 e. The number of hydrogen-bond donors (Lipinski definition) is 3. The SMILES string of the molecule is Cc1ccc(S(=O)(=O)NC(=O)NN2C(=O)C3CCCC3C2O)c(C)c1. The molecule has 25 heavy (non-hydrogen) atoms. The predicted molar refractivity (Wildman–Crippen MR) is 88.5 cm³/mol. The van der Waals surface area contributed by atoms with Gasteiger partial charge in [0.1, 0.15) is 0 Å². The van der Waals surface area contributed by atoms with E-state index in [1.165, 1.54) is 6.07 Å². The van der Waals surface area contributed by atoms with Gasteiger partial charge in [-0.25, -0.2) is 28.4 Å². The number of nitrogens with zero attached hydrogens (tertiary/aromatic N) is 1. The number of aliphatic hydroxyl groups excluding tert-OH is 1. The molecule has 0 spiro atoms. The number of amides is 3. The Morgan fingerprint density at radius 1 is 1.28 bits per heavy atom. The summed E-state index contributed by atoms with van der Waals surface area (Å²) in [5.41, 5.74) is 3.58. The number of fused-ring (bicyclic) bond motifs is 1. The lowest BCUT2D eigenvalue weighted by molar-refractivity contribution is -0.139. The largest absolute Gasteiger partial charge is 0.371 e. The molecule has 8 nitrogen and oxygen atoms in total. The van der Waals surface area contributed by atoms with Crippen molar-refractivity contribution in [1.29, 1.82) is 0 Å². The molecule has 3 amide bonds. The molecule has 1 aromatic rings. The summed E-state index contributed by atoms with van der Waals surface area (Å²) in [6, 6.07) is 3.67. The summed E-state index contributed by atoms with van der Waals surface area (Å²) in [7, 11) is -4.08. The number of nitrogens with one attached hydrogen (secondary N) is 2. The number of aliphatic hydroxyl groups is 1. The molecular weight excluding hydrogens is 346 g/mol. The van der Waals surface area contributed by atoms with Crippen molar-refractivity contribution in [3.63, 3.8) is 0 Å². The zero-order valence-electron chi connectivity index (χ0n) is 14.0. The fourth-order valence-corrected chi connectivity index (χ4v) is 4.81. The van der Waals surface area contributed by atoms with Gasteiger partial charge in [-0.15, -0.1) is 0 Å². The molecule has 2 fully saturated rings. The maximum absolute atomic E-state index is 12.4. The lowest BCUT2D eigenvalue weighted by Gasteiger charge is -2.23. The average Bonchev–Trinajstić information content (AvgIpc) is 3.06. The van der Waals surface area contributed by atoms with Crippen molar-refractivity contribution in [2.75, 3.05) is 0 Å². The van der Waals surface area contributed by atoms with Crippen LogP contribution in [0.5, 0.6) is 0 Å². The second kappa shape index (κ2) is 6.30. The Hall–Kier alpha value is -2.13. The van der Waals surface area contributed by atoms with Gasteiger partial charge in [-0.05, 0) is 38.3 Å². The lowest BCUT2D eigenvalue weighted by atomic mass is 9.99. The summed E-state index contributed by atoms with van der Waals surface area (Å²) >= 11 is 0. The summed E-state index contributed by atoms with van der Waals surface area (Å²) in [4.78, 5) is 24.3. The molecule has 1 heterocycles. The minimum atomic E-state index is -4.08. The third-order valence-corrected chi connectivity index (χ3v) is 6.33. The van der Waals surface area contributed by atoms with E-state index in [1.807, 2.05) is 11.6 Å². The van der Waals surface area contributed by atoms with Crippen LogP contribution in [0.4, 0.5) is 4.79 Å². The van der Waals surface area contributed by atoms with Crippen molar-refractivity contribution >= 4 is 22.0 Å². The Bertz CT molecular complexity index is 823. The van der Waals surface area contributed by atoms with Crippen LogP contribution < -0.4 is 10.1 Å². The molecule has 9 heteroatoms. The molecule has 0 aromatic heterocycles. The van der Waals surface area contributed by atoms with Gasteiger partial charge < -0.3 is 5.11 Å². The van der Waals surface area contributed by atoms with Gasteiger partial charge in [0.05, 0.1) is 4.90 Å². The molecule has 1 aliphatic heterocycles. The summed E-state index contributed by atoms with van der Waals surface area (Å²) in [5, 5.41) is 11.0. The van der Waals surface area contributed by atoms with Crippen LogP contribution in [0.1, 0.15) is 30.4 Å². The Morgan fingerprint density at radius 3 is 2.64 bits per heavy atom. The Balaban J connectivity index is 1.71. The van der Waals surface area contributed by atoms with Gasteiger partial charge in [0.2, 0.25) is 5.91 Å². The van der Waals surface area contributed by atoms with Crippen LogP contribution in [0.3, 0.4) is 0 Å². The standard InChI is InChI=1S/C16H21N3O5S/c1-9-6-7-13(10(2)8-9)25(23,24)18-16(22)17-19-14(20)11-4-3-5-12(11)15(19)21/h6-8,11-12,14,20H,3-5H2,1-2H3,(H2,17,18,22). The van der Waals surface area contributed by atoms with Gasteiger partial charge in [0, 0.05) is 11.8 Å². The smallest absolute Gasteiger partial charge is 0.347 e. The van der Waals surface area contributed by atoms with E-state index in [4.69, 9.17) is 0 Å². The fourth-order valence-electron chi connectivity index (χ4n) is 3.68. The van der Waals surface area contributed by atoms with Gasteiger partial charge >= 0.3 is 6.03 Å². The number of rotatable bonds is 3. The second-order valence-electron chi connectivity index (χ2n) is 6.64. The summed E-state index contributed by atoms with van der Waals surface area (Å²) < 4.78 is 26.6. The second-order valence-corrected chi connectivity index (χ2v) is 8.29. The highest BCUT2D eigenvalue weighted by Crippen LogP contribution is 2.41. The van der Waals surface area contributed by atoms with E-state index in [9.17, 15) is 23.1 Å². The van der Waals surface area contributed by atoms with Crippen LogP contribution in [0.2, 0.25) is 0 Å². The molecule has 3 atom stereocenters. The van der Waals surface area contributed by atoms with Crippen molar-refractivity contribution in [3.05, 3.63) is 29.3 Å². The van der Waals surface area contributed by atoms with Gasteiger partial charge in [-0.3, -0.25) is 4.79 Å². The molecule has 1 saturated carbocycles. The topological polar surface area (TPSA) is 116 Å². The summed E-state index contributed by atoms with van der Waals surface area (Å²) in [6.07, 6.45) is 1.10. The highest BCUT2D eigenvalue weighted by Gasteiger charge is 2.50. The van der Waals surface area contributed by atoms with E-state index in [0.29, 0.717) is 18.4 Å². The highest BCUT2D eigenvalue weighted by molar-refractivity contribution is 7.90. The van der Waals surface area contributed by atoms with E-state index in [0.717, 1.165) is 17.0 Å². The average molecular weight is 367 g/mol. The van der Waals surface area contributed by atoms with Gasteiger partial charge in [-0.2, -0.15) is 0 Å². The monoisotopic (exact) mass is 367 g/mol. The van der Waals surface area contributed by atoms with E-state index in [2.05, 4.69) is 5.43 Å². The molecule has 1 aliphatic carbocycles. The minimum absolute atomic E-state index is 0.0154. The number of carbonyl (C=O) groups excluding carboxylic acids is 2. The first kappa shape index (κ1) is 17.7. The minimum Gasteiger partial charge on any atom is -0.371 e. The van der Waals surface area contributed by atoms with E-state index in [1.54, 1.807) is 19.1 Å². The molecule has 0 bridgehead atoms. The van der Waals surface area contributed by atoms with Crippen molar-refractivity contribution in [1.82, 2.24) is 15.2 Å². The first-order valence-electron chi connectivity index (χ1n) is 8.12. The Kier molecular flexibility index (Phi) is 4.46. The zero-order chi connectivity index (χ0) is 18.4. The third-order valence-electron chi connectivity index (χ3n) is 4.84. The van der Waals surface area contributed by atoms with Crippen LogP contribution in [-0.2, 0) is 14.8 Å². The van der Waals surface area contributed by atoms with Crippen molar-refractivity contribution in [3.8, 4) is 0 Å². The van der Waals surface area contributed by atoms with Gasteiger partial charge in [0.15, 0.2) is 6.23 Å². The van der Waals surface area contributed by atoms with Crippen molar-refractivity contribution in [2.24, 2.45) is 11.8 Å². The van der Waals surface area contributed by atoms with Crippen molar-refractivity contribution < 1.29 is 23.1 Å². The van der Waals surface area contributed by atoms with Gasteiger partial charge in [0.25, 0.3) is 10.0 Å². The number of carbonyl (C=O) groups is 2. The number of hydrazine groups is 1. The molecule has 0 radical (unpaired) electrons. The summed E-state index contributed by atoms with van der Waals surface area (Å²) in [5.74, 6) is -0.913. The van der Waals surface area contributed by atoms with Crippen LogP contribution in [-0.4, -0.2) is 36.7 Å². The van der Waals surface area contributed by atoms with Crippen LogP contribution in [0.25, 0.3) is 0 Å².